The van der Waals surface area contributed by atoms with Crippen LogP contribution in [0.25, 0.3) is 0 Å². The summed E-state index contributed by atoms with van der Waals surface area (Å²) in [4.78, 5) is 15.8. The van der Waals surface area contributed by atoms with E-state index in [1.807, 2.05) is 0 Å². The normalized spacial score (nSPS) is 10.5. The van der Waals surface area contributed by atoms with Gasteiger partial charge in [-0.15, -0.1) is 0 Å². The molecule has 24 heavy (non-hydrogen) atoms. The largest absolute Gasteiger partial charge is 0.385 e. The molecule has 0 saturated carbocycles. The fraction of sp³-hybridized carbons (Fsp3) is 0.250. The third kappa shape index (κ3) is 4.45. The molecule has 0 aliphatic carbocycles. The molecule has 0 atom stereocenters. The van der Waals surface area contributed by atoms with E-state index in [9.17, 15) is 18.0 Å². The molecule has 0 bridgehead atoms. The van der Waals surface area contributed by atoms with E-state index in [0.29, 0.717) is 25.1 Å². The Kier molecular flexibility index (Phi) is 6.14. The molecule has 5 nitrogen and oxygen atoms in total. The third-order valence-electron chi connectivity index (χ3n) is 3.13. The number of methoxy groups -OCH3 is 1. The van der Waals surface area contributed by atoms with Crippen LogP contribution in [0.2, 0.25) is 0 Å². The van der Waals surface area contributed by atoms with E-state index >= 15 is 0 Å². The maximum absolute atomic E-state index is 13.6. The Bertz CT molecular complexity index is 708. The van der Waals surface area contributed by atoms with Crippen LogP contribution in [-0.4, -0.2) is 31.2 Å². The Hall–Kier alpha value is -2.61. The van der Waals surface area contributed by atoms with Crippen molar-refractivity contribution in [1.82, 2.24) is 10.3 Å². The van der Waals surface area contributed by atoms with Gasteiger partial charge in [0.05, 0.1) is 11.3 Å². The molecule has 2 N–H and O–H groups in total. The Morgan fingerprint density at radius 1 is 1.17 bits per heavy atom. The predicted octanol–water partition coefficient (Wildman–Crippen LogP) is 3.01. The number of aromatic nitrogens is 1. The van der Waals surface area contributed by atoms with Gasteiger partial charge in [-0.1, -0.05) is 0 Å². The Balaban J connectivity index is 1.99. The van der Waals surface area contributed by atoms with Gasteiger partial charge in [0.25, 0.3) is 5.91 Å². The van der Waals surface area contributed by atoms with Crippen molar-refractivity contribution in [2.75, 3.05) is 25.6 Å². The van der Waals surface area contributed by atoms with Gasteiger partial charge in [-0.3, -0.25) is 4.79 Å². The lowest BCUT2D eigenvalue weighted by Gasteiger charge is -2.09. The number of hydrogen-bond donors (Lipinski definition) is 2. The van der Waals surface area contributed by atoms with Crippen LogP contribution in [0.4, 0.5) is 24.7 Å². The highest BCUT2D eigenvalue weighted by Gasteiger charge is 2.14. The van der Waals surface area contributed by atoms with Gasteiger partial charge >= 0.3 is 0 Å². The minimum Gasteiger partial charge on any atom is -0.385 e. The van der Waals surface area contributed by atoms with Gasteiger partial charge in [0.1, 0.15) is 5.82 Å². The molecule has 2 rings (SSSR count). The number of halogens is 3. The van der Waals surface area contributed by atoms with Crippen molar-refractivity contribution in [1.29, 1.82) is 0 Å². The number of hydrogen-bond acceptors (Lipinski definition) is 4. The number of carbonyl (C=O) groups excluding carboxylic acids is 1. The molecule has 1 heterocycles. The quantitative estimate of drug-likeness (QED) is 0.601. The van der Waals surface area contributed by atoms with E-state index in [-0.39, 0.29) is 17.4 Å². The molecule has 2 aromatic rings. The van der Waals surface area contributed by atoms with E-state index in [2.05, 4.69) is 15.6 Å². The first-order valence-electron chi connectivity index (χ1n) is 7.16. The molecule has 1 amide bonds. The number of anilines is 2. The van der Waals surface area contributed by atoms with E-state index < -0.39 is 17.5 Å². The highest BCUT2D eigenvalue weighted by molar-refractivity contribution is 5.94. The first-order valence-corrected chi connectivity index (χ1v) is 7.16. The summed E-state index contributed by atoms with van der Waals surface area (Å²) >= 11 is 0. The second-order valence-corrected chi connectivity index (χ2v) is 4.88. The molecule has 0 spiro atoms. The molecule has 8 heteroatoms. The number of benzene rings is 1. The van der Waals surface area contributed by atoms with Gasteiger partial charge in [0.2, 0.25) is 0 Å². The van der Waals surface area contributed by atoms with Crippen LogP contribution in [0.5, 0.6) is 0 Å². The van der Waals surface area contributed by atoms with Gasteiger partial charge in [-0.25, -0.2) is 18.2 Å². The van der Waals surface area contributed by atoms with Crippen LogP contribution >= 0.6 is 0 Å². The molecular weight excluding hydrogens is 323 g/mol. The average Bonchev–Trinajstić information content (AvgIpc) is 2.59. The molecule has 0 radical (unpaired) electrons. The molecule has 1 aromatic heterocycles. The van der Waals surface area contributed by atoms with Crippen LogP contribution in [0.15, 0.2) is 30.5 Å². The Labute approximate surface area is 136 Å². The molecule has 0 fully saturated rings. The van der Waals surface area contributed by atoms with Crippen LogP contribution in [-0.2, 0) is 4.74 Å². The lowest BCUT2D eigenvalue weighted by Crippen LogP contribution is -2.25. The van der Waals surface area contributed by atoms with Gasteiger partial charge < -0.3 is 15.4 Å². The second-order valence-electron chi connectivity index (χ2n) is 4.88. The van der Waals surface area contributed by atoms with Crippen LogP contribution in [0.3, 0.4) is 0 Å². The summed E-state index contributed by atoms with van der Waals surface area (Å²) in [5.74, 6) is -4.28. The number of carbonyl (C=O) groups is 1. The first kappa shape index (κ1) is 17.7. The number of pyridine rings is 1. The lowest BCUT2D eigenvalue weighted by atomic mass is 10.2. The summed E-state index contributed by atoms with van der Waals surface area (Å²) < 4.78 is 44.5. The van der Waals surface area contributed by atoms with Crippen LogP contribution < -0.4 is 10.6 Å². The third-order valence-corrected chi connectivity index (χ3v) is 3.13. The van der Waals surface area contributed by atoms with E-state index in [4.69, 9.17) is 4.74 Å². The van der Waals surface area contributed by atoms with Gasteiger partial charge in [0, 0.05) is 26.5 Å². The maximum atomic E-state index is 13.6. The minimum absolute atomic E-state index is 0.191. The number of rotatable bonds is 7. The van der Waals surface area contributed by atoms with Crippen LogP contribution in [0, 0.1) is 17.5 Å². The standard InChI is InChI=1S/C16H16F3N3O2/c1-24-8-2-7-20-16(23)10-3-6-13(21-9-10)22-12-5-4-11(17)14(18)15(12)19/h3-6,9H,2,7-8H2,1H3,(H,20,23)(H,21,22). The van der Waals surface area contributed by atoms with Crippen molar-refractivity contribution in [2.45, 2.75) is 6.42 Å². The fourth-order valence-electron chi connectivity index (χ4n) is 1.88. The summed E-state index contributed by atoms with van der Waals surface area (Å²) in [5.41, 5.74) is 0.0712. The summed E-state index contributed by atoms with van der Waals surface area (Å²) in [6, 6.07) is 4.79. The molecule has 0 aliphatic heterocycles. The zero-order valence-corrected chi connectivity index (χ0v) is 12.9. The number of ether oxygens (including phenoxy) is 1. The number of nitrogens with zero attached hydrogens (tertiary/aromatic N) is 1. The Morgan fingerprint density at radius 3 is 2.62 bits per heavy atom. The molecular formula is C16H16F3N3O2. The zero-order chi connectivity index (χ0) is 17.5. The highest BCUT2D eigenvalue weighted by Crippen LogP contribution is 2.22. The van der Waals surface area contributed by atoms with Gasteiger partial charge in [0.15, 0.2) is 17.5 Å². The van der Waals surface area contributed by atoms with E-state index in [1.54, 1.807) is 7.11 Å². The monoisotopic (exact) mass is 339 g/mol. The molecule has 0 saturated heterocycles. The topological polar surface area (TPSA) is 63.2 Å². The SMILES string of the molecule is COCCCNC(=O)c1ccc(Nc2ccc(F)c(F)c2F)nc1. The first-order chi connectivity index (χ1) is 11.5. The minimum atomic E-state index is -1.56. The summed E-state index contributed by atoms with van der Waals surface area (Å²) in [6.45, 7) is 1.01. The van der Waals surface area contributed by atoms with Crippen LogP contribution in [0.1, 0.15) is 16.8 Å². The average molecular weight is 339 g/mol. The van der Waals surface area contributed by atoms with E-state index in [1.165, 1.54) is 18.3 Å². The molecule has 128 valence electrons. The molecule has 1 aromatic carbocycles. The summed E-state index contributed by atoms with van der Waals surface area (Å²) in [7, 11) is 1.58. The molecule has 0 aliphatic rings. The smallest absolute Gasteiger partial charge is 0.252 e. The molecule has 0 unspecified atom stereocenters. The van der Waals surface area contributed by atoms with Crippen molar-refractivity contribution >= 4 is 17.4 Å². The highest BCUT2D eigenvalue weighted by atomic mass is 19.2. The summed E-state index contributed by atoms with van der Waals surface area (Å²) in [5, 5.41) is 5.22. The zero-order valence-electron chi connectivity index (χ0n) is 12.9. The van der Waals surface area contributed by atoms with Crippen molar-refractivity contribution in [3.05, 3.63) is 53.5 Å². The lowest BCUT2D eigenvalue weighted by molar-refractivity contribution is 0.0948. The van der Waals surface area contributed by atoms with Crippen molar-refractivity contribution in [3.8, 4) is 0 Å². The maximum Gasteiger partial charge on any atom is 0.252 e. The fourth-order valence-corrected chi connectivity index (χ4v) is 1.88. The van der Waals surface area contributed by atoms with Crippen molar-refractivity contribution < 1.29 is 22.7 Å². The second kappa shape index (κ2) is 8.30. The Morgan fingerprint density at radius 2 is 1.96 bits per heavy atom. The van der Waals surface area contributed by atoms with Crippen molar-refractivity contribution in [3.63, 3.8) is 0 Å². The number of nitrogens with one attached hydrogen (secondary N) is 2. The predicted molar refractivity (Wildman–Crippen MR) is 82.7 cm³/mol. The van der Waals surface area contributed by atoms with Crippen molar-refractivity contribution in [2.24, 2.45) is 0 Å². The van der Waals surface area contributed by atoms with Gasteiger partial charge in [-0.05, 0) is 30.7 Å². The van der Waals surface area contributed by atoms with E-state index in [0.717, 1.165) is 12.1 Å². The van der Waals surface area contributed by atoms with Gasteiger partial charge in [-0.2, -0.15) is 0 Å². The number of amides is 1. The summed E-state index contributed by atoms with van der Waals surface area (Å²) in [6.07, 6.45) is 1.98.